The summed E-state index contributed by atoms with van der Waals surface area (Å²) < 4.78 is 35.4. The topological polar surface area (TPSA) is 114 Å². The van der Waals surface area contributed by atoms with Crippen molar-refractivity contribution in [1.82, 2.24) is 19.2 Å². The highest BCUT2D eigenvalue weighted by Gasteiger charge is 2.33. The first-order valence-corrected chi connectivity index (χ1v) is 15.3. The highest BCUT2D eigenvalue weighted by molar-refractivity contribution is 7.89. The first-order chi connectivity index (χ1) is 19.6. The van der Waals surface area contributed by atoms with Crippen LogP contribution in [0, 0.1) is 19.8 Å². The van der Waals surface area contributed by atoms with Gasteiger partial charge in [-0.1, -0.05) is 36.4 Å². The van der Waals surface area contributed by atoms with Crippen molar-refractivity contribution in [1.29, 1.82) is 0 Å². The van der Waals surface area contributed by atoms with Crippen LogP contribution in [0.15, 0.2) is 70.4 Å². The third-order valence-corrected chi connectivity index (χ3v) is 10.1. The van der Waals surface area contributed by atoms with E-state index in [9.17, 15) is 18.0 Å². The minimum Gasteiger partial charge on any atom is -0.496 e. The molecule has 216 valence electrons. The third kappa shape index (κ3) is 5.41. The monoisotopic (exact) mass is 576 g/mol. The van der Waals surface area contributed by atoms with E-state index in [4.69, 9.17) is 4.74 Å². The van der Waals surface area contributed by atoms with Gasteiger partial charge in [-0.15, -0.1) is 0 Å². The molecule has 1 aliphatic heterocycles. The summed E-state index contributed by atoms with van der Waals surface area (Å²) in [5.74, 6) is 0.397. The van der Waals surface area contributed by atoms with Crippen molar-refractivity contribution in [3.05, 3.63) is 93.5 Å². The van der Waals surface area contributed by atoms with Gasteiger partial charge in [0.25, 0.3) is 11.5 Å². The number of sulfonamides is 1. The summed E-state index contributed by atoms with van der Waals surface area (Å²) in [7, 11) is -2.03. The molecule has 1 unspecified atom stereocenters. The Hall–Kier alpha value is -3.89. The van der Waals surface area contributed by atoms with Crippen molar-refractivity contribution in [2.24, 2.45) is 5.92 Å². The second-order valence-electron chi connectivity index (χ2n) is 10.7. The number of para-hydroxylation sites is 1. The van der Waals surface area contributed by atoms with Gasteiger partial charge in [0.15, 0.2) is 0 Å². The van der Waals surface area contributed by atoms with Crippen molar-refractivity contribution in [2.45, 2.75) is 51.1 Å². The van der Waals surface area contributed by atoms with Gasteiger partial charge in [0.2, 0.25) is 10.0 Å². The van der Waals surface area contributed by atoms with E-state index in [0.29, 0.717) is 40.6 Å². The van der Waals surface area contributed by atoms with Crippen molar-refractivity contribution in [3.8, 4) is 5.75 Å². The van der Waals surface area contributed by atoms with Gasteiger partial charge in [-0.2, -0.15) is 4.31 Å². The molecule has 1 aliphatic rings. The summed E-state index contributed by atoms with van der Waals surface area (Å²) in [5, 5.41) is 3.76. The van der Waals surface area contributed by atoms with Crippen LogP contribution in [0.4, 0.5) is 0 Å². The summed E-state index contributed by atoms with van der Waals surface area (Å²) in [6, 6.07) is 18.2. The summed E-state index contributed by atoms with van der Waals surface area (Å²) >= 11 is 0. The van der Waals surface area contributed by atoms with E-state index in [1.807, 2.05) is 37.3 Å². The molecule has 0 spiro atoms. The van der Waals surface area contributed by atoms with Crippen LogP contribution in [0.25, 0.3) is 10.9 Å². The molecule has 41 heavy (non-hydrogen) atoms. The van der Waals surface area contributed by atoms with Gasteiger partial charge in [0.1, 0.15) is 5.75 Å². The van der Waals surface area contributed by atoms with Crippen LogP contribution < -0.4 is 15.6 Å². The number of rotatable bonds is 8. The van der Waals surface area contributed by atoms with Gasteiger partial charge in [-0.05, 0) is 63.8 Å². The fraction of sp³-hybridized carbons (Fsp3) is 0.355. The highest BCUT2D eigenvalue weighted by Crippen LogP contribution is 2.36. The molecule has 1 fully saturated rings. The van der Waals surface area contributed by atoms with Gasteiger partial charge in [0.05, 0.1) is 29.7 Å². The van der Waals surface area contributed by atoms with E-state index in [0.717, 1.165) is 29.4 Å². The third-order valence-electron chi connectivity index (χ3n) is 8.23. The number of H-pyrrole nitrogens is 1. The van der Waals surface area contributed by atoms with Crippen LogP contribution in [0.2, 0.25) is 0 Å². The SMILES string of the molecule is COc1cc(C)[nH]c(=O)c1CNC(=O)c1c(C)n(C(C)C2CCN(S(=O)(=O)c3ccccc3)CC2)c2ccccc12. The normalized spacial score (nSPS) is 15.6. The van der Waals surface area contributed by atoms with E-state index in [1.54, 1.807) is 41.6 Å². The molecule has 2 aromatic heterocycles. The van der Waals surface area contributed by atoms with E-state index >= 15 is 0 Å². The number of nitrogens with zero attached hydrogens (tertiary/aromatic N) is 2. The van der Waals surface area contributed by atoms with Crippen LogP contribution in [-0.2, 0) is 16.6 Å². The number of fused-ring (bicyclic) bond motifs is 1. The molecule has 0 aliphatic carbocycles. The number of hydrogen-bond acceptors (Lipinski definition) is 5. The van der Waals surface area contributed by atoms with E-state index in [1.165, 1.54) is 7.11 Å². The molecule has 10 heteroatoms. The molecule has 2 N–H and O–H groups in total. The molecular formula is C31H36N4O5S. The van der Waals surface area contributed by atoms with E-state index in [-0.39, 0.29) is 30.0 Å². The Labute approximate surface area is 240 Å². The first-order valence-electron chi connectivity index (χ1n) is 13.8. The number of carbonyl (C=O) groups excluding carboxylic acids is 1. The fourth-order valence-corrected chi connectivity index (χ4v) is 7.54. The van der Waals surface area contributed by atoms with Crippen molar-refractivity contribution in [3.63, 3.8) is 0 Å². The number of pyridine rings is 1. The minimum atomic E-state index is -3.53. The number of hydrogen-bond donors (Lipinski definition) is 2. The number of benzene rings is 2. The summed E-state index contributed by atoms with van der Waals surface area (Å²) in [5.41, 5.74) is 3.10. The molecule has 0 bridgehead atoms. The molecule has 0 saturated carbocycles. The number of amides is 1. The summed E-state index contributed by atoms with van der Waals surface area (Å²) in [6.45, 7) is 6.79. The summed E-state index contributed by atoms with van der Waals surface area (Å²) in [6.07, 6.45) is 1.44. The number of nitrogens with one attached hydrogen (secondary N) is 2. The molecule has 9 nitrogen and oxygen atoms in total. The fourth-order valence-electron chi connectivity index (χ4n) is 6.05. The maximum atomic E-state index is 13.6. The molecule has 1 saturated heterocycles. The second kappa shape index (κ2) is 11.5. The van der Waals surface area contributed by atoms with Gasteiger partial charge in [-0.25, -0.2) is 8.42 Å². The number of aryl methyl sites for hydroxylation is 1. The number of piperidine rings is 1. The Kier molecular flexibility index (Phi) is 8.06. The zero-order valence-electron chi connectivity index (χ0n) is 23.8. The first kappa shape index (κ1) is 28.6. The maximum absolute atomic E-state index is 13.6. The lowest BCUT2D eigenvalue weighted by molar-refractivity contribution is 0.0951. The standard InChI is InChI=1S/C31H36N4O5S/c1-20-18-28(40-4)26(30(36)33-20)19-32-31(37)29-22(3)35(27-13-9-8-12-25(27)29)21(2)23-14-16-34(17-15-23)41(38,39)24-10-6-5-7-11-24/h5-13,18,21,23H,14-17,19H2,1-4H3,(H,32,37)(H,33,36). The van der Waals surface area contributed by atoms with Crippen molar-refractivity contribution >= 4 is 26.8 Å². The molecule has 1 atom stereocenters. The van der Waals surface area contributed by atoms with Gasteiger partial charge in [0, 0.05) is 41.4 Å². The highest BCUT2D eigenvalue weighted by atomic mass is 32.2. The minimum absolute atomic E-state index is 0.0282. The molecule has 4 aromatic rings. The number of methoxy groups -OCH3 is 1. The molecule has 3 heterocycles. The van der Waals surface area contributed by atoms with Gasteiger partial charge in [-0.3, -0.25) is 9.59 Å². The van der Waals surface area contributed by atoms with Crippen molar-refractivity contribution < 1.29 is 17.9 Å². The zero-order chi connectivity index (χ0) is 29.3. The van der Waals surface area contributed by atoms with Crippen LogP contribution in [0.3, 0.4) is 0 Å². The largest absolute Gasteiger partial charge is 0.496 e. The molecule has 0 radical (unpaired) electrons. The molecule has 5 rings (SSSR count). The van der Waals surface area contributed by atoms with Crippen LogP contribution >= 0.6 is 0 Å². The lowest BCUT2D eigenvalue weighted by Crippen LogP contribution is -2.40. The molecule has 1 amide bonds. The lowest BCUT2D eigenvalue weighted by atomic mass is 9.91. The molecular weight excluding hydrogens is 540 g/mol. The number of ether oxygens (including phenoxy) is 1. The maximum Gasteiger partial charge on any atom is 0.256 e. The number of carbonyl (C=O) groups is 1. The zero-order valence-corrected chi connectivity index (χ0v) is 24.6. The predicted molar refractivity (Wildman–Crippen MR) is 159 cm³/mol. The van der Waals surface area contributed by atoms with Crippen LogP contribution in [0.5, 0.6) is 5.75 Å². The number of aromatic nitrogens is 2. The quantitative estimate of drug-likeness (QED) is 0.320. The van der Waals surface area contributed by atoms with E-state index < -0.39 is 10.0 Å². The Morgan fingerprint density at radius 2 is 1.73 bits per heavy atom. The Bertz CT molecular complexity index is 1740. The Morgan fingerprint density at radius 3 is 2.41 bits per heavy atom. The smallest absolute Gasteiger partial charge is 0.256 e. The Morgan fingerprint density at radius 1 is 1.07 bits per heavy atom. The van der Waals surface area contributed by atoms with Gasteiger partial charge >= 0.3 is 0 Å². The predicted octanol–water partition coefficient (Wildman–Crippen LogP) is 4.55. The molecule has 2 aromatic carbocycles. The average molecular weight is 577 g/mol. The van der Waals surface area contributed by atoms with Crippen LogP contribution in [0.1, 0.15) is 53.1 Å². The Balaban J connectivity index is 1.37. The number of aromatic amines is 1. The van der Waals surface area contributed by atoms with Crippen molar-refractivity contribution in [2.75, 3.05) is 20.2 Å². The average Bonchev–Trinajstić information content (AvgIpc) is 3.27. The second-order valence-corrected chi connectivity index (χ2v) is 12.6. The van der Waals surface area contributed by atoms with E-state index in [2.05, 4.69) is 21.8 Å². The summed E-state index contributed by atoms with van der Waals surface area (Å²) in [4.78, 5) is 29.2. The van der Waals surface area contributed by atoms with Gasteiger partial charge < -0.3 is 19.6 Å². The van der Waals surface area contributed by atoms with Crippen LogP contribution in [-0.4, -0.2) is 48.4 Å². The lowest BCUT2D eigenvalue weighted by Gasteiger charge is -2.35.